The van der Waals surface area contributed by atoms with Crippen molar-refractivity contribution in [2.45, 2.75) is 25.0 Å². The number of nitrogens with one attached hydrogen (secondary N) is 2. The first-order valence-electron chi connectivity index (χ1n) is 5.12. The molecule has 2 aliphatic rings. The average molecular weight is 227 g/mol. The van der Waals surface area contributed by atoms with E-state index in [1.165, 1.54) is 0 Å². The van der Waals surface area contributed by atoms with Crippen LogP contribution in [0.25, 0.3) is 0 Å². The summed E-state index contributed by atoms with van der Waals surface area (Å²) in [6, 6.07) is -0.572. The highest BCUT2D eigenvalue weighted by atomic mass is 16.3. The van der Waals surface area contributed by atoms with Crippen LogP contribution in [-0.4, -0.2) is 53.1 Å². The Bertz CT molecular complexity index is 322. The summed E-state index contributed by atoms with van der Waals surface area (Å²) in [4.78, 5) is 34.6. The quantitative estimate of drug-likeness (QED) is 0.494. The second-order valence-electron chi connectivity index (χ2n) is 4.03. The summed E-state index contributed by atoms with van der Waals surface area (Å²) in [6.45, 7) is -0.300. The van der Waals surface area contributed by atoms with Crippen molar-refractivity contribution in [3.05, 3.63) is 0 Å². The van der Waals surface area contributed by atoms with E-state index in [0.717, 1.165) is 4.90 Å². The van der Waals surface area contributed by atoms with Gasteiger partial charge in [0.2, 0.25) is 5.91 Å². The SMILES string of the molecule is O=C(CN1C(=O)CNC1=O)NC1CC(O)C1. The fourth-order valence-corrected chi connectivity index (χ4v) is 1.74. The first kappa shape index (κ1) is 10.9. The molecule has 1 heterocycles. The first-order chi connectivity index (χ1) is 7.56. The fraction of sp³-hybridized carbons (Fsp3) is 0.667. The van der Waals surface area contributed by atoms with Crippen LogP contribution in [0.1, 0.15) is 12.8 Å². The highest BCUT2D eigenvalue weighted by Crippen LogP contribution is 2.19. The Kier molecular flexibility index (Phi) is 2.78. The lowest BCUT2D eigenvalue weighted by molar-refractivity contribution is -0.131. The van der Waals surface area contributed by atoms with Crippen molar-refractivity contribution < 1.29 is 19.5 Å². The van der Waals surface area contributed by atoms with E-state index in [1.807, 2.05) is 0 Å². The third kappa shape index (κ3) is 2.13. The van der Waals surface area contributed by atoms with Crippen LogP contribution in [-0.2, 0) is 9.59 Å². The number of hydrogen-bond acceptors (Lipinski definition) is 4. The van der Waals surface area contributed by atoms with Gasteiger partial charge in [0, 0.05) is 6.04 Å². The lowest BCUT2D eigenvalue weighted by atomic mass is 9.89. The molecule has 0 aromatic carbocycles. The maximum Gasteiger partial charge on any atom is 0.325 e. The van der Waals surface area contributed by atoms with E-state index in [1.54, 1.807) is 0 Å². The van der Waals surface area contributed by atoms with Crippen LogP contribution >= 0.6 is 0 Å². The minimum absolute atomic E-state index is 0.0386. The summed E-state index contributed by atoms with van der Waals surface area (Å²) in [5.74, 6) is -0.768. The van der Waals surface area contributed by atoms with Crippen molar-refractivity contribution in [3.63, 3.8) is 0 Å². The molecule has 0 aromatic rings. The highest BCUT2D eigenvalue weighted by Gasteiger charge is 2.32. The summed E-state index contributed by atoms with van der Waals surface area (Å²) in [5.41, 5.74) is 0. The predicted molar refractivity (Wildman–Crippen MR) is 52.3 cm³/mol. The van der Waals surface area contributed by atoms with Crippen LogP contribution in [0.4, 0.5) is 4.79 Å². The smallest absolute Gasteiger partial charge is 0.325 e. The maximum atomic E-state index is 11.4. The molecular formula is C9H13N3O4. The molecule has 1 saturated carbocycles. The summed E-state index contributed by atoms with van der Waals surface area (Å²) >= 11 is 0. The molecule has 88 valence electrons. The van der Waals surface area contributed by atoms with Crippen molar-refractivity contribution in [3.8, 4) is 0 Å². The Morgan fingerprint density at radius 2 is 2.19 bits per heavy atom. The second-order valence-corrected chi connectivity index (χ2v) is 4.03. The number of aliphatic hydroxyl groups is 1. The highest BCUT2D eigenvalue weighted by molar-refractivity contribution is 6.04. The average Bonchev–Trinajstić information content (AvgIpc) is 2.47. The molecule has 16 heavy (non-hydrogen) atoms. The molecule has 0 unspecified atom stereocenters. The molecule has 1 aliphatic carbocycles. The van der Waals surface area contributed by atoms with Crippen LogP contribution < -0.4 is 10.6 Å². The Balaban J connectivity index is 1.78. The number of imide groups is 1. The van der Waals surface area contributed by atoms with Crippen LogP contribution in [0.5, 0.6) is 0 Å². The van der Waals surface area contributed by atoms with Crippen molar-refractivity contribution in [2.75, 3.05) is 13.1 Å². The van der Waals surface area contributed by atoms with Crippen molar-refractivity contribution in [2.24, 2.45) is 0 Å². The lowest BCUT2D eigenvalue weighted by Gasteiger charge is -2.32. The van der Waals surface area contributed by atoms with Gasteiger partial charge in [-0.25, -0.2) is 4.79 Å². The number of carbonyl (C=O) groups excluding carboxylic acids is 3. The number of rotatable bonds is 3. The molecule has 0 atom stereocenters. The number of hydrogen-bond donors (Lipinski definition) is 3. The zero-order valence-corrected chi connectivity index (χ0v) is 8.60. The Morgan fingerprint density at radius 1 is 1.50 bits per heavy atom. The Labute approximate surface area is 91.8 Å². The summed E-state index contributed by atoms with van der Waals surface area (Å²) in [6.07, 6.45) is 0.722. The molecule has 7 heteroatoms. The Hall–Kier alpha value is -1.63. The third-order valence-corrected chi connectivity index (χ3v) is 2.72. The molecule has 7 nitrogen and oxygen atoms in total. The molecule has 3 N–H and O–H groups in total. The maximum absolute atomic E-state index is 11.4. The first-order valence-corrected chi connectivity index (χ1v) is 5.12. The van der Waals surface area contributed by atoms with Crippen LogP contribution in [0.2, 0.25) is 0 Å². The van der Waals surface area contributed by atoms with E-state index in [2.05, 4.69) is 10.6 Å². The summed E-state index contributed by atoms with van der Waals surface area (Å²) in [5, 5.41) is 14.0. The number of urea groups is 1. The molecule has 1 aliphatic heterocycles. The van der Waals surface area contributed by atoms with Gasteiger partial charge in [0.25, 0.3) is 5.91 Å². The minimum atomic E-state index is -0.534. The van der Waals surface area contributed by atoms with Gasteiger partial charge in [-0.3, -0.25) is 14.5 Å². The molecular weight excluding hydrogens is 214 g/mol. The normalized spacial score (nSPS) is 28.7. The van der Waals surface area contributed by atoms with Crippen LogP contribution in [0.3, 0.4) is 0 Å². The molecule has 0 radical (unpaired) electrons. The monoisotopic (exact) mass is 227 g/mol. The van der Waals surface area contributed by atoms with E-state index in [4.69, 9.17) is 5.11 Å². The Morgan fingerprint density at radius 3 is 2.69 bits per heavy atom. The molecule has 2 rings (SSSR count). The predicted octanol–water partition coefficient (Wildman–Crippen LogP) is -1.82. The van der Waals surface area contributed by atoms with Gasteiger partial charge in [-0.1, -0.05) is 0 Å². The standard InChI is InChI=1S/C9H13N3O4/c13-6-1-5(2-6)11-7(14)4-12-8(15)3-10-9(12)16/h5-6,13H,1-4H2,(H,10,16)(H,11,14). The van der Waals surface area contributed by atoms with Gasteiger partial charge in [-0.05, 0) is 12.8 Å². The zero-order chi connectivity index (χ0) is 11.7. The molecule has 4 amide bonds. The van der Waals surface area contributed by atoms with Crippen molar-refractivity contribution in [1.29, 1.82) is 0 Å². The van der Waals surface area contributed by atoms with Gasteiger partial charge < -0.3 is 15.7 Å². The van der Waals surface area contributed by atoms with Crippen molar-refractivity contribution >= 4 is 17.8 Å². The van der Waals surface area contributed by atoms with E-state index in [9.17, 15) is 14.4 Å². The van der Waals surface area contributed by atoms with Gasteiger partial charge in [-0.2, -0.15) is 0 Å². The van der Waals surface area contributed by atoms with Crippen LogP contribution in [0, 0.1) is 0 Å². The fourth-order valence-electron chi connectivity index (χ4n) is 1.74. The number of amides is 4. The number of carbonyl (C=O) groups is 3. The van der Waals surface area contributed by atoms with Gasteiger partial charge in [0.1, 0.15) is 6.54 Å². The second kappa shape index (κ2) is 4.09. The van der Waals surface area contributed by atoms with Gasteiger partial charge >= 0.3 is 6.03 Å². The van der Waals surface area contributed by atoms with E-state index >= 15 is 0 Å². The van der Waals surface area contributed by atoms with E-state index in [0.29, 0.717) is 12.8 Å². The summed E-state index contributed by atoms with van der Waals surface area (Å²) in [7, 11) is 0. The molecule has 0 spiro atoms. The van der Waals surface area contributed by atoms with E-state index < -0.39 is 11.9 Å². The van der Waals surface area contributed by atoms with Gasteiger partial charge in [-0.15, -0.1) is 0 Å². The number of aliphatic hydroxyl groups excluding tert-OH is 1. The minimum Gasteiger partial charge on any atom is -0.393 e. The summed E-state index contributed by atoms with van der Waals surface area (Å²) < 4.78 is 0. The van der Waals surface area contributed by atoms with E-state index in [-0.39, 0.29) is 31.1 Å². The van der Waals surface area contributed by atoms with Crippen molar-refractivity contribution in [1.82, 2.24) is 15.5 Å². The van der Waals surface area contributed by atoms with Gasteiger partial charge in [0.15, 0.2) is 0 Å². The topological polar surface area (TPSA) is 98.7 Å². The molecule has 1 saturated heterocycles. The van der Waals surface area contributed by atoms with Crippen LogP contribution in [0.15, 0.2) is 0 Å². The molecule has 0 aromatic heterocycles. The molecule has 0 bridgehead atoms. The van der Waals surface area contributed by atoms with Gasteiger partial charge in [0.05, 0.1) is 12.6 Å². The molecule has 2 fully saturated rings. The number of nitrogens with zero attached hydrogens (tertiary/aromatic N) is 1. The largest absolute Gasteiger partial charge is 0.393 e. The lowest BCUT2D eigenvalue weighted by Crippen LogP contribution is -2.50. The third-order valence-electron chi connectivity index (χ3n) is 2.72. The zero-order valence-electron chi connectivity index (χ0n) is 8.60.